The number of rotatable bonds is 7. The quantitative estimate of drug-likeness (QED) is 0.739. The van der Waals surface area contributed by atoms with E-state index in [2.05, 4.69) is 5.32 Å². The molecule has 1 N–H and O–H groups in total. The molecule has 0 atom stereocenters. The maximum absolute atomic E-state index is 12.5. The summed E-state index contributed by atoms with van der Waals surface area (Å²) < 4.78 is 6.12. The summed E-state index contributed by atoms with van der Waals surface area (Å²) in [6.45, 7) is 1.91. The van der Waals surface area contributed by atoms with Crippen LogP contribution in [-0.2, 0) is 17.9 Å². The van der Waals surface area contributed by atoms with Gasteiger partial charge in [-0.05, 0) is 67.5 Å². The van der Waals surface area contributed by atoms with Crippen molar-refractivity contribution in [2.24, 2.45) is 0 Å². The highest BCUT2D eigenvalue weighted by Crippen LogP contribution is 2.24. The monoisotopic (exact) mass is 406 g/mol. The lowest BCUT2D eigenvalue weighted by atomic mass is 9.98. The Kier molecular flexibility index (Phi) is 6.67. The van der Waals surface area contributed by atoms with Gasteiger partial charge in [0.15, 0.2) is 0 Å². The predicted molar refractivity (Wildman–Crippen MR) is 116 cm³/mol. The van der Waals surface area contributed by atoms with Crippen molar-refractivity contribution < 1.29 is 14.3 Å². The first kappa shape index (κ1) is 20.5. The molecule has 1 saturated heterocycles. The molecular formula is C25H30N2O3. The second-order valence-corrected chi connectivity index (χ2v) is 8.32. The zero-order valence-electron chi connectivity index (χ0n) is 17.4. The van der Waals surface area contributed by atoms with Gasteiger partial charge in [0.05, 0.1) is 6.10 Å². The van der Waals surface area contributed by atoms with E-state index in [4.69, 9.17) is 4.74 Å². The first-order valence-electron chi connectivity index (χ1n) is 11.1. The van der Waals surface area contributed by atoms with Gasteiger partial charge in [0.2, 0.25) is 5.91 Å². The molecule has 2 aliphatic rings. The molecular weight excluding hydrogens is 376 g/mol. The fourth-order valence-electron chi connectivity index (χ4n) is 4.24. The molecule has 2 amide bonds. The number of amides is 2. The van der Waals surface area contributed by atoms with Gasteiger partial charge in [0.25, 0.3) is 5.91 Å². The van der Waals surface area contributed by atoms with Gasteiger partial charge in [0.1, 0.15) is 5.75 Å². The summed E-state index contributed by atoms with van der Waals surface area (Å²) in [5.74, 6) is 0.998. The van der Waals surface area contributed by atoms with E-state index in [1.807, 2.05) is 53.4 Å². The topological polar surface area (TPSA) is 58.6 Å². The average Bonchev–Trinajstić information content (AvgIpc) is 3.18. The van der Waals surface area contributed by atoms with Crippen LogP contribution >= 0.6 is 0 Å². The van der Waals surface area contributed by atoms with Crippen LogP contribution < -0.4 is 10.1 Å². The van der Waals surface area contributed by atoms with E-state index >= 15 is 0 Å². The molecule has 0 bridgehead atoms. The Bertz CT molecular complexity index is 872. The number of carbonyl (C=O) groups is 2. The maximum Gasteiger partial charge on any atom is 0.251 e. The smallest absolute Gasteiger partial charge is 0.251 e. The van der Waals surface area contributed by atoms with Crippen LogP contribution in [0.25, 0.3) is 0 Å². The molecule has 5 heteroatoms. The van der Waals surface area contributed by atoms with E-state index in [1.54, 1.807) is 0 Å². The first-order valence-corrected chi connectivity index (χ1v) is 11.1. The van der Waals surface area contributed by atoms with Crippen LogP contribution in [0.2, 0.25) is 0 Å². The molecule has 0 unspecified atom stereocenters. The normalized spacial score (nSPS) is 17.2. The van der Waals surface area contributed by atoms with E-state index in [1.165, 1.54) is 19.3 Å². The Labute approximate surface area is 178 Å². The van der Waals surface area contributed by atoms with E-state index in [-0.39, 0.29) is 11.8 Å². The van der Waals surface area contributed by atoms with Gasteiger partial charge in [-0.2, -0.15) is 0 Å². The summed E-state index contributed by atoms with van der Waals surface area (Å²) >= 11 is 0. The Hall–Kier alpha value is -2.82. The summed E-state index contributed by atoms with van der Waals surface area (Å²) in [7, 11) is 0. The van der Waals surface area contributed by atoms with Crippen LogP contribution in [0.15, 0.2) is 48.5 Å². The molecule has 1 aliphatic heterocycles. The van der Waals surface area contributed by atoms with Gasteiger partial charge in [-0.25, -0.2) is 0 Å². The first-order chi connectivity index (χ1) is 14.7. The minimum Gasteiger partial charge on any atom is -0.490 e. The minimum atomic E-state index is -0.0996. The number of hydrogen-bond acceptors (Lipinski definition) is 3. The van der Waals surface area contributed by atoms with Crippen molar-refractivity contribution in [1.29, 1.82) is 0 Å². The van der Waals surface area contributed by atoms with Crippen molar-refractivity contribution in [3.05, 3.63) is 65.2 Å². The van der Waals surface area contributed by atoms with Gasteiger partial charge in [-0.1, -0.05) is 30.7 Å². The van der Waals surface area contributed by atoms with Crippen molar-refractivity contribution in [3.63, 3.8) is 0 Å². The zero-order valence-corrected chi connectivity index (χ0v) is 17.4. The summed E-state index contributed by atoms with van der Waals surface area (Å²) in [4.78, 5) is 26.2. The van der Waals surface area contributed by atoms with Crippen molar-refractivity contribution in [1.82, 2.24) is 10.2 Å². The predicted octanol–water partition coefficient (Wildman–Crippen LogP) is 4.45. The molecule has 30 heavy (non-hydrogen) atoms. The van der Waals surface area contributed by atoms with Crippen molar-refractivity contribution in [2.45, 2.75) is 64.1 Å². The van der Waals surface area contributed by atoms with Crippen molar-refractivity contribution in [3.8, 4) is 5.75 Å². The number of benzene rings is 2. The number of carbonyl (C=O) groups excluding carboxylic acids is 2. The summed E-state index contributed by atoms with van der Waals surface area (Å²) in [6, 6.07) is 15.5. The van der Waals surface area contributed by atoms with Gasteiger partial charge in [0, 0.05) is 31.6 Å². The average molecular weight is 407 g/mol. The third kappa shape index (κ3) is 5.41. The molecule has 1 saturated carbocycles. The second-order valence-electron chi connectivity index (χ2n) is 8.32. The van der Waals surface area contributed by atoms with Crippen LogP contribution in [-0.4, -0.2) is 29.4 Å². The Morgan fingerprint density at radius 2 is 1.80 bits per heavy atom. The number of ether oxygens (including phenoxy) is 1. The molecule has 0 aromatic heterocycles. The zero-order chi connectivity index (χ0) is 20.8. The highest BCUT2D eigenvalue weighted by atomic mass is 16.5. The fraction of sp³-hybridized carbons (Fsp3) is 0.440. The molecule has 158 valence electrons. The molecule has 0 spiro atoms. The van der Waals surface area contributed by atoms with Gasteiger partial charge >= 0.3 is 0 Å². The SMILES string of the molecule is O=C(NCc1cccc(OC2CCCCC2)c1)c1ccc(CN2CCCC2=O)cc1. The lowest BCUT2D eigenvalue weighted by Gasteiger charge is -2.23. The summed E-state index contributed by atoms with van der Waals surface area (Å²) in [5, 5.41) is 2.99. The van der Waals surface area contributed by atoms with Crippen LogP contribution in [0.5, 0.6) is 5.75 Å². The number of likely N-dealkylation sites (tertiary alicyclic amines) is 1. The second kappa shape index (κ2) is 9.79. The van der Waals surface area contributed by atoms with Crippen LogP contribution in [0, 0.1) is 0 Å². The third-order valence-electron chi connectivity index (χ3n) is 5.97. The maximum atomic E-state index is 12.5. The Morgan fingerprint density at radius 1 is 1.00 bits per heavy atom. The van der Waals surface area contributed by atoms with E-state index in [0.29, 0.717) is 31.2 Å². The molecule has 4 rings (SSSR count). The molecule has 2 fully saturated rings. The van der Waals surface area contributed by atoms with E-state index < -0.39 is 0 Å². The van der Waals surface area contributed by atoms with Gasteiger partial charge < -0.3 is 15.0 Å². The molecule has 2 aromatic carbocycles. The molecule has 1 heterocycles. The number of nitrogens with zero attached hydrogens (tertiary/aromatic N) is 1. The molecule has 0 radical (unpaired) electrons. The van der Waals surface area contributed by atoms with Gasteiger partial charge in [-0.15, -0.1) is 0 Å². The van der Waals surface area contributed by atoms with Crippen molar-refractivity contribution in [2.75, 3.05) is 6.54 Å². The van der Waals surface area contributed by atoms with Crippen LogP contribution in [0.3, 0.4) is 0 Å². The summed E-state index contributed by atoms with van der Waals surface area (Å²) in [5.41, 5.74) is 2.70. The summed E-state index contributed by atoms with van der Waals surface area (Å²) in [6.07, 6.45) is 7.95. The van der Waals surface area contributed by atoms with Gasteiger partial charge in [-0.3, -0.25) is 9.59 Å². The highest BCUT2D eigenvalue weighted by Gasteiger charge is 2.20. The van der Waals surface area contributed by atoms with Crippen LogP contribution in [0.4, 0.5) is 0 Å². The Morgan fingerprint density at radius 3 is 2.53 bits per heavy atom. The Balaban J connectivity index is 1.28. The van der Waals surface area contributed by atoms with Crippen molar-refractivity contribution >= 4 is 11.8 Å². The molecule has 2 aromatic rings. The van der Waals surface area contributed by atoms with Crippen LogP contribution in [0.1, 0.15) is 66.4 Å². The highest BCUT2D eigenvalue weighted by molar-refractivity contribution is 5.94. The third-order valence-corrected chi connectivity index (χ3v) is 5.97. The standard InChI is InChI=1S/C25H30N2O3/c28-24-10-5-15-27(24)18-19-11-13-21(14-12-19)25(29)26-17-20-6-4-9-23(16-20)30-22-7-2-1-3-8-22/h4,6,9,11-14,16,22H,1-3,5,7-8,10,15,17-18H2,(H,26,29). The largest absolute Gasteiger partial charge is 0.490 e. The van der Waals surface area contributed by atoms with E-state index in [9.17, 15) is 9.59 Å². The molecule has 1 aliphatic carbocycles. The molecule has 5 nitrogen and oxygen atoms in total. The lowest BCUT2D eigenvalue weighted by molar-refractivity contribution is -0.128. The fourth-order valence-corrected chi connectivity index (χ4v) is 4.24. The number of hydrogen-bond donors (Lipinski definition) is 1. The lowest BCUT2D eigenvalue weighted by Crippen LogP contribution is -2.24. The van der Waals surface area contributed by atoms with E-state index in [0.717, 1.165) is 42.7 Å². The number of nitrogens with one attached hydrogen (secondary N) is 1. The minimum absolute atomic E-state index is 0.0996.